The van der Waals surface area contributed by atoms with Gasteiger partial charge < -0.3 is 10.8 Å². The summed E-state index contributed by atoms with van der Waals surface area (Å²) in [7, 11) is -4.28. The normalized spacial score (nSPS) is 13.8. The van der Waals surface area contributed by atoms with E-state index in [4.69, 9.17) is 22.4 Å². The summed E-state index contributed by atoms with van der Waals surface area (Å²) in [5, 5.41) is 8.36. The lowest BCUT2D eigenvalue weighted by molar-refractivity contribution is -0.000451. The van der Waals surface area contributed by atoms with Crippen molar-refractivity contribution in [3.8, 4) is 0 Å². The summed E-state index contributed by atoms with van der Waals surface area (Å²) in [4.78, 5) is -0.561. The summed E-state index contributed by atoms with van der Waals surface area (Å²) in [5.41, 5.74) is 4.74. The third kappa shape index (κ3) is 3.96. The van der Waals surface area contributed by atoms with Crippen molar-refractivity contribution in [3.05, 3.63) is 23.0 Å². The number of nitrogens with two attached hydrogens (primary N) is 1. The number of anilines is 1. The molecule has 0 saturated carbocycles. The largest absolute Gasteiger partial charge is 0.396 e. The highest BCUT2D eigenvalue weighted by molar-refractivity contribution is 7.89. The highest BCUT2D eigenvalue weighted by atomic mass is 35.5. The number of benzene rings is 1. The quantitative estimate of drug-likeness (QED) is 0.705. The van der Waals surface area contributed by atoms with Gasteiger partial charge in [0, 0.05) is 6.54 Å². The fourth-order valence-corrected chi connectivity index (χ4v) is 2.71. The van der Waals surface area contributed by atoms with Gasteiger partial charge >= 0.3 is 0 Å². The number of sulfonamides is 1. The van der Waals surface area contributed by atoms with Gasteiger partial charge in [-0.15, -0.1) is 0 Å². The number of nitrogens with one attached hydrogen (secondary N) is 1. The number of halogens is 4. The van der Waals surface area contributed by atoms with Crippen LogP contribution in [0.15, 0.2) is 17.0 Å². The van der Waals surface area contributed by atoms with Crippen molar-refractivity contribution in [1.82, 2.24) is 4.72 Å². The smallest absolute Gasteiger partial charge is 0.265 e. The number of hydrogen-bond acceptors (Lipinski definition) is 4. The number of aliphatic hydroxyl groups is 1. The van der Waals surface area contributed by atoms with Crippen LogP contribution in [0.3, 0.4) is 0 Å². The molecule has 1 aromatic rings. The average molecular weight is 319 g/mol. The Hall–Kier alpha value is -1.03. The maximum absolute atomic E-state index is 13.0. The summed E-state index contributed by atoms with van der Waals surface area (Å²) in [6.45, 7) is -0.909. The molecule has 4 N–H and O–H groups in total. The van der Waals surface area contributed by atoms with E-state index in [1.54, 1.807) is 4.72 Å². The molecular weight excluding hydrogens is 309 g/mol. The SMILES string of the molecule is Nc1cc(S(=O)(=O)NCC(O)C(F)F)c(Cl)cc1F. The molecule has 0 saturated heterocycles. The second-order valence-electron chi connectivity index (χ2n) is 3.56. The van der Waals surface area contributed by atoms with Gasteiger partial charge in [0.15, 0.2) is 0 Å². The van der Waals surface area contributed by atoms with Crippen LogP contribution in [0.2, 0.25) is 5.02 Å². The van der Waals surface area contributed by atoms with Gasteiger partial charge in [0.25, 0.3) is 6.43 Å². The van der Waals surface area contributed by atoms with Crippen LogP contribution < -0.4 is 10.5 Å². The molecule has 0 aliphatic heterocycles. The number of hydrogen-bond donors (Lipinski definition) is 3. The summed E-state index contributed by atoms with van der Waals surface area (Å²) >= 11 is 5.54. The first-order valence-electron chi connectivity index (χ1n) is 4.85. The maximum Gasteiger partial charge on any atom is 0.265 e. The van der Waals surface area contributed by atoms with Gasteiger partial charge in [-0.1, -0.05) is 11.6 Å². The monoisotopic (exact) mass is 318 g/mol. The molecular formula is C9H10ClF3N2O3S. The zero-order valence-electron chi connectivity index (χ0n) is 9.28. The lowest BCUT2D eigenvalue weighted by Gasteiger charge is -2.12. The van der Waals surface area contributed by atoms with Crippen LogP contribution in [0.4, 0.5) is 18.9 Å². The van der Waals surface area contributed by atoms with E-state index in [9.17, 15) is 21.6 Å². The molecule has 1 aromatic carbocycles. The molecule has 5 nitrogen and oxygen atoms in total. The number of alkyl halides is 2. The van der Waals surface area contributed by atoms with Crippen molar-refractivity contribution in [2.24, 2.45) is 0 Å². The van der Waals surface area contributed by atoms with Crippen molar-refractivity contribution < 1.29 is 26.7 Å². The second-order valence-corrected chi connectivity index (χ2v) is 5.70. The third-order valence-electron chi connectivity index (χ3n) is 2.11. The number of rotatable bonds is 5. The Kier molecular flexibility index (Phi) is 5.02. The minimum atomic E-state index is -4.28. The Morgan fingerprint density at radius 1 is 1.42 bits per heavy atom. The zero-order valence-corrected chi connectivity index (χ0v) is 10.9. The van der Waals surface area contributed by atoms with Gasteiger partial charge in [-0.05, 0) is 12.1 Å². The van der Waals surface area contributed by atoms with Crippen LogP contribution in [0.1, 0.15) is 0 Å². The van der Waals surface area contributed by atoms with Crippen LogP contribution in [0, 0.1) is 5.82 Å². The highest BCUT2D eigenvalue weighted by Gasteiger charge is 2.23. The number of aliphatic hydroxyl groups excluding tert-OH is 1. The minimum Gasteiger partial charge on any atom is -0.396 e. The molecule has 0 spiro atoms. The Labute approximate surface area is 112 Å². The molecule has 1 unspecified atom stereocenters. The van der Waals surface area contributed by atoms with Crippen molar-refractivity contribution in [3.63, 3.8) is 0 Å². The molecule has 108 valence electrons. The van der Waals surface area contributed by atoms with Crippen molar-refractivity contribution in [1.29, 1.82) is 0 Å². The fourth-order valence-electron chi connectivity index (χ4n) is 1.11. The van der Waals surface area contributed by atoms with E-state index < -0.39 is 50.5 Å². The molecule has 19 heavy (non-hydrogen) atoms. The van der Waals surface area contributed by atoms with Gasteiger partial charge in [-0.25, -0.2) is 26.3 Å². The molecule has 0 fully saturated rings. The van der Waals surface area contributed by atoms with E-state index in [0.717, 1.165) is 6.07 Å². The molecule has 0 amide bonds. The van der Waals surface area contributed by atoms with E-state index in [0.29, 0.717) is 6.07 Å². The second kappa shape index (κ2) is 5.95. The summed E-state index contributed by atoms with van der Waals surface area (Å²) in [6, 6.07) is 1.45. The summed E-state index contributed by atoms with van der Waals surface area (Å²) < 4.78 is 62.2. The Bertz CT molecular complexity index is 568. The third-order valence-corrected chi connectivity index (χ3v) is 4.00. The standard InChI is InChI=1S/C9H10ClF3N2O3S/c10-4-1-5(11)6(14)2-8(4)19(17,18)15-3-7(16)9(12)13/h1-2,7,9,15-16H,3,14H2. The lowest BCUT2D eigenvalue weighted by atomic mass is 10.3. The van der Waals surface area contributed by atoms with Crippen LogP contribution in [0.25, 0.3) is 0 Å². The molecule has 1 rings (SSSR count). The molecule has 0 aromatic heterocycles. The topological polar surface area (TPSA) is 92.4 Å². The van der Waals surface area contributed by atoms with Crippen LogP contribution >= 0.6 is 11.6 Å². The Morgan fingerprint density at radius 2 is 2.00 bits per heavy atom. The van der Waals surface area contributed by atoms with Crippen molar-refractivity contribution in [2.45, 2.75) is 17.4 Å². The Balaban J connectivity index is 2.98. The molecule has 0 bridgehead atoms. The van der Waals surface area contributed by atoms with E-state index in [1.165, 1.54) is 0 Å². The van der Waals surface area contributed by atoms with E-state index in [-0.39, 0.29) is 0 Å². The molecule has 0 aliphatic carbocycles. The van der Waals surface area contributed by atoms with Gasteiger partial charge in [0.1, 0.15) is 16.8 Å². The molecule has 0 aliphatic rings. The van der Waals surface area contributed by atoms with Gasteiger partial charge in [0.2, 0.25) is 10.0 Å². The van der Waals surface area contributed by atoms with E-state index in [1.807, 2.05) is 0 Å². The Morgan fingerprint density at radius 3 is 2.53 bits per heavy atom. The average Bonchev–Trinajstić information content (AvgIpc) is 2.30. The van der Waals surface area contributed by atoms with Crippen molar-refractivity contribution in [2.75, 3.05) is 12.3 Å². The predicted octanol–water partition coefficient (Wildman–Crippen LogP) is 0.966. The van der Waals surface area contributed by atoms with Gasteiger partial charge in [-0.3, -0.25) is 0 Å². The fraction of sp³-hybridized carbons (Fsp3) is 0.333. The predicted molar refractivity (Wildman–Crippen MR) is 63.0 cm³/mol. The highest BCUT2D eigenvalue weighted by Crippen LogP contribution is 2.26. The summed E-state index contributed by atoms with van der Waals surface area (Å²) in [6.07, 6.45) is -5.26. The molecule has 1 atom stereocenters. The molecule has 0 heterocycles. The molecule has 0 radical (unpaired) electrons. The first-order valence-corrected chi connectivity index (χ1v) is 6.71. The van der Waals surface area contributed by atoms with Crippen LogP contribution in [0.5, 0.6) is 0 Å². The maximum atomic E-state index is 13.0. The van der Waals surface area contributed by atoms with Gasteiger partial charge in [0.05, 0.1) is 10.7 Å². The van der Waals surface area contributed by atoms with E-state index in [2.05, 4.69) is 0 Å². The van der Waals surface area contributed by atoms with Crippen LogP contribution in [-0.2, 0) is 10.0 Å². The lowest BCUT2D eigenvalue weighted by Crippen LogP contribution is -2.36. The number of nitrogen functional groups attached to an aromatic ring is 1. The first kappa shape index (κ1) is 16.0. The van der Waals surface area contributed by atoms with E-state index >= 15 is 0 Å². The molecule has 10 heteroatoms. The summed E-state index contributed by atoms with van der Waals surface area (Å²) in [5.74, 6) is -0.906. The van der Waals surface area contributed by atoms with Gasteiger partial charge in [-0.2, -0.15) is 0 Å². The minimum absolute atomic E-state index is 0.453. The zero-order chi connectivity index (χ0) is 14.8. The first-order chi connectivity index (χ1) is 8.65. The van der Waals surface area contributed by atoms with Crippen molar-refractivity contribution >= 4 is 27.3 Å². The van der Waals surface area contributed by atoms with Crippen LogP contribution in [-0.4, -0.2) is 32.6 Å².